The Morgan fingerprint density at radius 3 is 2.62 bits per heavy atom. The smallest absolute Gasteiger partial charge is 0.328 e. The number of nitrogens with one attached hydrogen (secondary N) is 3. The fraction of sp³-hybridized carbons (Fsp3) is 0.581. The SMILES string of the molecule is CCC(CCNC1CCC(C)(C)CC1)NC(=O)/C(C)=C(F)/C=C\C(C)CN1C(=O)NC(=O)Cc2cc(F)ccc21. The van der Waals surface area contributed by atoms with Crippen molar-refractivity contribution in [2.45, 2.75) is 91.6 Å². The van der Waals surface area contributed by atoms with Gasteiger partial charge in [-0.3, -0.25) is 19.8 Å². The van der Waals surface area contributed by atoms with Crippen LogP contribution < -0.4 is 20.9 Å². The highest BCUT2D eigenvalue weighted by Gasteiger charge is 2.28. The van der Waals surface area contributed by atoms with Crippen LogP contribution in [0.4, 0.5) is 19.3 Å². The summed E-state index contributed by atoms with van der Waals surface area (Å²) in [5, 5.41) is 8.85. The molecule has 0 radical (unpaired) electrons. The Bertz CT molecular complexity index is 1140. The second kappa shape index (κ2) is 14.0. The second-order valence-corrected chi connectivity index (χ2v) is 12.0. The lowest BCUT2D eigenvalue weighted by atomic mass is 9.75. The fourth-order valence-corrected chi connectivity index (χ4v) is 5.22. The van der Waals surface area contributed by atoms with Crippen molar-refractivity contribution in [3.63, 3.8) is 0 Å². The quantitative estimate of drug-likeness (QED) is 0.240. The molecule has 1 aromatic rings. The van der Waals surface area contributed by atoms with Gasteiger partial charge in [0.2, 0.25) is 11.8 Å². The van der Waals surface area contributed by atoms with Crippen molar-refractivity contribution >= 4 is 23.5 Å². The zero-order valence-electron chi connectivity index (χ0n) is 24.4. The number of urea groups is 1. The first-order chi connectivity index (χ1) is 18.9. The van der Waals surface area contributed by atoms with Crippen molar-refractivity contribution in [1.82, 2.24) is 16.0 Å². The number of carbonyl (C=O) groups is 3. The monoisotopic (exact) mass is 558 g/mol. The van der Waals surface area contributed by atoms with E-state index in [2.05, 4.69) is 29.8 Å². The summed E-state index contributed by atoms with van der Waals surface area (Å²) in [7, 11) is 0. The zero-order chi connectivity index (χ0) is 29.4. The van der Waals surface area contributed by atoms with Gasteiger partial charge in [0.1, 0.15) is 11.6 Å². The molecule has 1 fully saturated rings. The normalized spacial score (nSPS) is 19.9. The number of anilines is 1. The summed E-state index contributed by atoms with van der Waals surface area (Å²) in [4.78, 5) is 38.7. The molecule has 9 heteroatoms. The van der Waals surface area contributed by atoms with Gasteiger partial charge in [-0.15, -0.1) is 0 Å². The maximum absolute atomic E-state index is 14.9. The first-order valence-corrected chi connectivity index (χ1v) is 14.4. The Kier molecular flexibility index (Phi) is 11.0. The van der Waals surface area contributed by atoms with E-state index in [0.29, 0.717) is 22.7 Å². The number of rotatable bonds is 11. The predicted octanol–water partition coefficient (Wildman–Crippen LogP) is 5.70. The molecule has 1 heterocycles. The summed E-state index contributed by atoms with van der Waals surface area (Å²) in [6.07, 6.45) is 8.98. The van der Waals surface area contributed by atoms with E-state index in [4.69, 9.17) is 0 Å². The first-order valence-electron chi connectivity index (χ1n) is 14.4. The largest absolute Gasteiger partial charge is 0.349 e. The Morgan fingerprint density at radius 2 is 1.95 bits per heavy atom. The Labute approximate surface area is 236 Å². The molecule has 1 aromatic carbocycles. The van der Waals surface area contributed by atoms with Crippen LogP contribution in [0.5, 0.6) is 0 Å². The fourth-order valence-electron chi connectivity index (χ4n) is 5.22. The number of nitrogens with zero attached hydrogens (tertiary/aromatic N) is 1. The zero-order valence-corrected chi connectivity index (χ0v) is 24.4. The van der Waals surface area contributed by atoms with E-state index in [1.165, 1.54) is 61.8 Å². The first kappa shape index (κ1) is 31.5. The number of amides is 4. The summed E-state index contributed by atoms with van der Waals surface area (Å²) in [6.45, 7) is 10.8. The van der Waals surface area contributed by atoms with Crippen molar-refractivity contribution in [2.24, 2.45) is 11.3 Å². The Morgan fingerprint density at radius 1 is 1.25 bits per heavy atom. The van der Waals surface area contributed by atoms with Gasteiger partial charge in [0, 0.05) is 29.9 Å². The van der Waals surface area contributed by atoms with Crippen LogP contribution in [0.15, 0.2) is 41.8 Å². The summed E-state index contributed by atoms with van der Waals surface area (Å²) >= 11 is 0. The summed E-state index contributed by atoms with van der Waals surface area (Å²) < 4.78 is 28.6. The molecular weight excluding hydrogens is 514 g/mol. The second-order valence-electron chi connectivity index (χ2n) is 12.0. The molecule has 40 heavy (non-hydrogen) atoms. The number of allylic oxidation sites excluding steroid dienone is 2. The van der Waals surface area contributed by atoms with Gasteiger partial charge in [0.15, 0.2) is 0 Å². The molecule has 3 rings (SSSR count). The minimum atomic E-state index is -0.653. The third-order valence-electron chi connectivity index (χ3n) is 8.01. The molecule has 7 nitrogen and oxygen atoms in total. The van der Waals surface area contributed by atoms with Crippen LogP contribution in [0.3, 0.4) is 0 Å². The van der Waals surface area contributed by atoms with E-state index >= 15 is 0 Å². The molecular formula is C31H44F2N4O3. The van der Waals surface area contributed by atoms with Crippen LogP contribution in [-0.4, -0.2) is 43.0 Å². The third-order valence-corrected chi connectivity index (χ3v) is 8.01. The lowest BCUT2D eigenvalue weighted by molar-refractivity contribution is -0.119. The number of halogens is 2. The lowest BCUT2D eigenvalue weighted by Crippen LogP contribution is -2.43. The van der Waals surface area contributed by atoms with Crippen LogP contribution in [0, 0.1) is 17.2 Å². The van der Waals surface area contributed by atoms with E-state index in [-0.39, 0.29) is 30.5 Å². The lowest BCUT2D eigenvalue weighted by Gasteiger charge is -2.35. The average Bonchev–Trinajstić information content (AvgIpc) is 3.01. The maximum atomic E-state index is 14.9. The highest BCUT2D eigenvalue weighted by atomic mass is 19.1. The Hall–Kier alpha value is -3.07. The Balaban J connectivity index is 1.54. The highest BCUT2D eigenvalue weighted by Crippen LogP contribution is 2.35. The molecule has 220 valence electrons. The topological polar surface area (TPSA) is 90.5 Å². The number of carbonyl (C=O) groups excluding carboxylic acids is 3. The molecule has 0 saturated heterocycles. The van der Waals surface area contributed by atoms with Gasteiger partial charge in [-0.1, -0.05) is 33.8 Å². The van der Waals surface area contributed by atoms with Crippen molar-refractivity contribution < 1.29 is 23.2 Å². The van der Waals surface area contributed by atoms with E-state index in [1.54, 1.807) is 13.0 Å². The molecule has 2 atom stereocenters. The van der Waals surface area contributed by atoms with Crippen molar-refractivity contribution in [3.05, 3.63) is 53.1 Å². The van der Waals surface area contributed by atoms with Crippen molar-refractivity contribution in [3.8, 4) is 0 Å². The van der Waals surface area contributed by atoms with Crippen LogP contribution in [0.25, 0.3) is 0 Å². The molecule has 0 aromatic heterocycles. The van der Waals surface area contributed by atoms with Gasteiger partial charge < -0.3 is 10.6 Å². The van der Waals surface area contributed by atoms with Crippen LogP contribution >= 0.6 is 0 Å². The summed E-state index contributed by atoms with van der Waals surface area (Å²) in [6, 6.07) is 3.78. The van der Waals surface area contributed by atoms with Gasteiger partial charge in [0.25, 0.3) is 0 Å². The van der Waals surface area contributed by atoms with E-state index in [1.807, 2.05) is 6.92 Å². The molecule has 2 unspecified atom stereocenters. The number of hydrogen-bond acceptors (Lipinski definition) is 4. The molecule has 0 spiro atoms. The van der Waals surface area contributed by atoms with Crippen molar-refractivity contribution in [1.29, 1.82) is 0 Å². The number of imide groups is 1. The van der Waals surface area contributed by atoms with E-state index in [0.717, 1.165) is 19.4 Å². The van der Waals surface area contributed by atoms with Crippen molar-refractivity contribution in [2.75, 3.05) is 18.0 Å². The molecule has 4 amide bonds. The minimum absolute atomic E-state index is 0.0108. The van der Waals surface area contributed by atoms with Crippen LogP contribution in [-0.2, 0) is 16.0 Å². The van der Waals surface area contributed by atoms with E-state index < -0.39 is 29.5 Å². The van der Waals surface area contributed by atoms with E-state index in [9.17, 15) is 23.2 Å². The number of fused-ring (bicyclic) bond motifs is 1. The highest BCUT2D eigenvalue weighted by molar-refractivity contribution is 6.06. The molecule has 3 N–H and O–H groups in total. The van der Waals surface area contributed by atoms with Gasteiger partial charge >= 0.3 is 6.03 Å². The summed E-state index contributed by atoms with van der Waals surface area (Å²) in [5.74, 6) is -2.43. The molecule has 1 saturated carbocycles. The van der Waals surface area contributed by atoms with Gasteiger partial charge in [-0.25, -0.2) is 13.6 Å². The number of hydrogen-bond donors (Lipinski definition) is 3. The molecule has 1 aliphatic carbocycles. The predicted molar refractivity (Wildman–Crippen MR) is 154 cm³/mol. The standard InChI is InChI=1S/C31H44F2N4O3/c1-6-24(13-16-34-25-11-14-31(4,5)15-12-25)35-29(39)21(3)26(33)9-7-20(2)19-37-27-10-8-23(32)17-22(27)18-28(38)36-30(37)40/h7-10,17,20,24-25,34H,6,11-16,18-19H2,1-5H3,(H,35,39)(H,36,38,40)/b9-7-,26-21-. The maximum Gasteiger partial charge on any atom is 0.328 e. The summed E-state index contributed by atoms with van der Waals surface area (Å²) in [5.41, 5.74) is 1.25. The third kappa shape index (κ3) is 8.98. The van der Waals surface area contributed by atoms with Crippen LogP contribution in [0.2, 0.25) is 0 Å². The molecule has 2 aliphatic rings. The molecule has 0 bridgehead atoms. The van der Waals surface area contributed by atoms with Gasteiger partial charge in [-0.05, 0) is 93.2 Å². The number of benzene rings is 1. The van der Waals surface area contributed by atoms with Gasteiger partial charge in [0.05, 0.1) is 6.42 Å². The average molecular weight is 559 g/mol. The molecule has 1 aliphatic heterocycles. The van der Waals surface area contributed by atoms with Crippen LogP contribution in [0.1, 0.15) is 78.7 Å². The van der Waals surface area contributed by atoms with Gasteiger partial charge in [-0.2, -0.15) is 0 Å². The minimum Gasteiger partial charge on any atom is -0.349 e.